The summed E-state index contributed by atoms with van der Waals surface area (Å²) in [5, 5.41) is 3.10. The molecule has 2 aromatic rings. The van der Waals surface area contributed by atoms with Gasteiger partial charge in [0.25, 0.3) is 0 Å². The first-order valence-electron chi connectivity index (χ1n) is 6.40. The summed E-state index contributed by atoms with van der Waals surface area (Å²) in [6.45, 7) is 1.48. The number of hydrogen-bond donors (Lipinski definition) is 1. The number of halogens is 2. The lowest BCUT2D eigenvalue weighted by Crippen LogP contribution is -2.14. The van der Waals surface area contributed by atoms with E-state index in [1.807, 2.05) is 24.3 Å². The number of ether oxygens (including phenoxy) is 1. The maximum atomic E-state index is 13.4. The molecule has 0 aliphatic rings. The molecule has 0 aliphatic heterocycles. The van der Waals surface area contributed by atoms with Crippen molar-refractivity contribution in [1.82, 2.24) is 5.32 Å². The van der Waals surface area contributed by atoms with Crippen LogP contribution in [-0.2, 0) is 24.4 Å². The van der Waals surface area contributed by atoms with Crippen LogP contribution in [0.5, 0.6) is 0 Å². The SMILES string of the molecule is COCc1ccc(CNCc2cc(F)ccc2F)cc1. The summed E-state index contributed by atoms with van der Waals surface area (Å²) in [4.78, 5) is 0. The molecular weight excluding hydrogens is 260 g/mol. The van der Waals surface area contributed by atoms with Gasteiger partial charge in [0.2, 0.25) is 0 Å². The Hall–Kier alpha value is -1.78. The molecule has 0 fully saturated rings. The van der Waals surface area contributed by atoms with E-state index in [0.29, 0.717) is 25.3 Å². The van der Waals surface area contributed by atoms with Gasteiger partial charge in [-0.1, -0.05) is 24.3 Å². The van der Waals surface area contributed by atoms with Gasteiger partial charge >= 0.3 is 0 Å². The molecule has 0 heterocycles. The molecule has 106 valence electrons. The summed E-state index contributed by atoms with van der Waals surface area (Å²) in [5.41, 5.74) is 2.52. The molecule has 0 bridgehead atoms. The van der Waals surface area contributed by atoms with E-state index in [4.69, 9.17) is 4.74 Å². The molecule has 0 saturated carbocycles. The third-order valence-corrected chi connectivity index (χ3v) is 2.99. The van der Waals surface area contributed by atoms with E-state index in [1.165, 1.54) is 6.07 Å². The first kappa shape index (κ1) is 14.6. The van der Waals surface area contributed by atoms with Crippen molar-refractivity contribution in [1.29, 1.82) is 0 Å². The Balaban J connectivity index is 1.87. The molecule has 1 N–H and O–H groups in total. The Bertz CT molecular complexity index is 555. The number of hydrogen-bond acceptors (Lipinski definition) is 2. The molecular formula is C16H17F2NO. The molecule has 0 aliphatic carbocycles. The molecule has 0 amide bonds. The zero-order valence-corrected chi connectivity index (χ0v) is 11.3. The summed E-state index contributed by atoms with van der Waals surface area (Å²) >= 11 is 0. The molecule has 0 atom stereocenters. The van der Waals surface area contributed by atoms with Crippen LogP contribution >= 0.6 is 0 Å². The highest BCUT2D eigenvalue weighted by Crippen LogP contribution is 2.10. The van der Waals surface area contributed by atoms with Crippen molar-refractivity contribution >= 4 is 0 Å². The lowest BCUT2D eigenvalue weighted by Gasteiger charge is -2.07. The Kier molecular flexibility index (Phi) is 5.21. The van der Waals surface area contributed by atoms with Gasteiger partial charge in [-0.2, -0.15) is 0 Å². The normalized spacial score (nSPS) is 10.8. The van der Waals surface area contributed by atoms with Crippen LogP contribution in [0.3, 0.4) is 0 Å². The largest absolute Gasteiger partial charge is 0.380 e. The molecule has 4 heteroatoms. The molecule has 0 unspecified atom stereocenters. The van der Waals surface area contributed by atoms with Crippen LogP contribution in [0, 0.1) is 11.6 Å². The predicted molar refractivity (Wildman–Crippen MR) is 74.1 cm³/mol. The van der Waals surface area contributed by atoms with Crippen molar-refractivity contribution in [3.63, 3.8) is 0 Å². The average Bonchev–Trinajstić information content (AvgIpc) is 2.45. The Morgan fingerprint density at radius 2 is 1.65 bits per heavy atom. The summed E-state index contributed by atoms with van der Waals surface area (Å²) < 4.78 is 31.5. The second-order valence-electron chi connectivity index (χ2n) is 4.59. The van der Waals surface area contributed by atoms with Crippen LogP contribution in [0.15, 0.2) is 42.5 Å². The van der Waals surface area contributed by atoms with Gasteiger partial charge in [0.15, 0.2) is 0 Å². The van der Waals surface area contributed by atoms with E-state index in [-0.39, 0.29) is 0 Å². The molecule has 20 heavy (non-hydrogen) atoms. The first-order chi connectivity index (χ1) is 9.69. The lowest BCUT2D eigenvalue weighted by atomic mass is 10.1. The third kappa shape index (κ3) is 4.11. The summed E-state index contributed by atoms with van der Waals surface area (Å²) in [6, 6.07) is 11.4. The minimum atomic E-state index is -0.424. The van der Waals surface area contributed by atoms with Gasteiger partial charge < -0.3 is 10.1 Å². The second-order valence-corrected chi connectivity index (χ2v) is 4.59. The van der Waals surface area contributed by atoms with Crippen molar-refractivity contribution in [2.45, 2.75) is 19.7 Å². The van der Waals surface area contributed by atoms with Gasteiger partial charge in [0, 0.05) is 25.8 Å². The maximum Gasteiger partial charge on any atom is 0.127 e. The van der Waals surface area contributed by atoms with Gasteiger partial charge in [0.05, 0.1) is 6.61 Å². The molecule has 2 aromatic carbocycles. The summed E-state index contributed by atoms with van der Waals surface area (Å²) in [6.07, 6.45) is 0. The number of nitrogens with one attached hydrogen (secondary N) is 1. The van der Waals surface area contributed by atoms with E-state index < -0.39 is 11.6 Å². The first-order valence-corrected chi connectivity index (χ1v) is 6.40. The fourth-order valence-corrected chi connectivity index (χ4v) is 1.94. The summed E-state index contributed by atoms with van der Waals surface area (Å²) in [7, 11) is 1.66. The Morgan fingerprint density at radius 3 is 2.35 bits per heavy atom. The zero-order chi connectivity index (χ0) is 14.4. The smallest absolute Gasteiger partial charge is 0.127 e. The molecule has 0 saturated heterocycles. The van der Waals surface area contributed by atoms with Gasteiger partial charge in [0.1, 0.15) is 11.6 Å². The van der Waals surface area contributed by atoms with Gasteiger partial charge in [-0.15, -0.1) is 0 Å². The van der Waals surface area contributed by atoms with Gasteiger partial charge in [-0.25, -0.2) is 8.78 Å². The Morgan fingerprint density at radius 1 is 0.950 bits per heavy atom. The van der Waals surface area contributed by atoms with Gasteiger partial charge in [-0.3, -0.25) is 0 Å². The lowest BCUT2D eigenvalue weighted by molar-refractivity contribution is 0.185. The highest BCUT2D eigenvalue weighted by molar-refractivity contribution is 5.22. The molecule has 0 spiro atoms. The van der Waals surface area contributed by atoms with Crippen LogP contribution < -0.4 is 5.32 Å². The minimum Gasteiger partial charge on any atom is -0.380 e. The molecule has 2 rings (SSSR count). The fourth-order valence-electron chi connectivity index (χ4n) is 1.94. The standard InChI is InChI=1S/C16H17F2NO/c1-20-11-13-4-2-12(3-5-13)9-19-10-14-8-15(17)6-7-16(14)18/h2-8,19H,9-11H2,1H3. The predicted octanol–water partition coefficient (Wildman–Crippen LogP) is 3.40. The van der Waals surface area contributed by atoms with E-state index in [9.17, 15) is 8.78 Å². The molecule has 0 aromatic heterocycles. The van der Waals surface area contributed by atoms with Crippen molar-refractivity contribution in [3.8, 4) is 0 Å². The van der Waals surface area contributed by atoms with Crippen molar-refractivity contribution < 1.29 is 13.5 Å². The van der Waals surface area contributed by atoms with Crippen molar-refractivity contribution in [3.05, 3.63) is 70.8 Å². The van der Waals surface area contributed by atoms with E-state index in [1.54, 1.807) is 7.11 Å². The highest BCUT2D eigenvalue weighted by atomic mass is 19.1. The van der Waals surface area contributed by atoms with Crippen LogP contribution in [0.2, 0.25) is 0 Å². The van der Waals surface area contributed by atoms with Crippen molar-refractivity contribution in [2.24, 2.45) is 0 Å². The van der Waals surface area contributed by atoms with Crippen LogP contribution in [0.1, 0.15) is 16.7 Å². The number of methoxy groups -OCH3 is 1. The van der Waals surface area contributed by atoms with E-state index in [2.05, 4.69) is 5.32 Å². The second kappa shape index (κ2) is 7.12. The Labute approximate surface area is 117 Å². The number of benzene rings is 2. The summed E-state index contributed by atoms with van der Waals surface area (Å²) in [5.74, 6) is -0.818. The average molecular weight is 277 g/mol. The topological polar surface area (TPSA) is 21.3 Å². The highest BCUT2D eigenvalue weighted by Gasteiger charge is 2.03. The monoisotopic (exact) mass is 277 g/mol. The quantitative estimate of drug-likeness (QED) is 0.873. The third-order valence-electron chi connectivity index (χ3n) is 2.99. The van der Waals surface area contributed by atoms with E-state index in [0.717, 1.165) is 23.3 Å². The minimum absolute atomic E-state index is 0.295. The van der Waals surface area contributed by atoms with Gasteiger partial charge in [-0.05, 0) is 29.3 Å². The van der Waals surface area contributed by atoms with Crippen molar-refractivity contribution in [2.75, 3.05) is 7.11 Å². The zero-order valence-electron chi connectivity index (χ0n) is 11.3. The molecule has 2 nitrogen and oxygen atoms in total. The van der Waals surface area contributed by atoms with Crippen LogP contribution in [0.25, 0.3) is 0 Å². The van der Waals surface area contributed by atoms with E-state index >= 15 is 0 Å². The molecule has 0 radical (unpaired) electrons. The van der Waals surface area contributed by atoms with Crippen LogP contribution in [-0.4, -0.2) is 7.11 Å². The maximum absolute atomic E-state index is 13.4. The fraction of sp³-hybridized carbons (Fsp3) is 0.250. The van der Waals surface area contributed by atoms with Crippen LogP contribution in [0.4, 0.5) is 8.78 Å². The number of rotatable bonds is 6.